The zero-order valence-corrected chi connectivity index (χ0v) is 20.8. The second kappa shape index (κ2) is 11.4. The third-order valence-corrected chi connectivity index (χ3v) is 8.31. The molecule has 1 atom stereocenters. The van der Waals surface area contributed by atoms with Crippen molar-refractivity contribution in [2.24, 2.45) is 0 Å². The number of sulfonamides is 1. The van der Waals surface area contributed by atoms with Crippen molar-refractivity contribution < 1.29 is 13.2 Å². The highest BCUT2D eigenvalue weighted by molar-refractivity contribution is 7.89. The average Bonchev–Trinajstić information content (AvgIpc) is 2.85. The molecule has 0 bridgehead atoms. The molecular formula is C26H36N4O3S. The largest absolute Gasteiger partial charge is 0.348 e. The molecule has 4 rings (SSSR count). The number of rotatable bonds is 9. The van der Waals surface area contributed by atoms with Crippen LogP contribution in [0.25, 0.3) is 0 Å². The van der Waals surface area contributed by atoms with Gasteiger partial charge in [0.1, 0.15) is 0 Å². The van der Waals surface area contributed by atoms with E-state index >= 15 is 0 Å². The Balaban J connectivity index is 1.32. The Labute approximate surface area is 203 Å². The van der Waals surface area contributed by atoms with Crippen LogP contribution in [0.15, 0.2) is 53.4 Å². The molecule has 7 nitrogen and oxygen atoms in total. The van der Waals surface area contributed by atoms with Gasteiger partial charge in [-0.2, -0.15) is 0 Å². The number of hydrogen-bond donors (Lipinski definition) is 2. The number of aryl methyl sites for hydroxylation is 2. The Morgan fingerprint density at radius 3 is 2.41 bits per heavy atom. The molecule has 1 fully saturated rings. The molecule has 1 heterocycles. The first-order valence-electron chi connectivity index (χ1n) is 12.3. The van der Waals surface area contributed by atoms with Crippen molar-refractivity contribution >= 4 is 15.9 Å². The zero-order valence-electron chi connectivity index (χ0n) is 20.0. The summed E-state index contributed by atoms with van der Waals surface area (Å²) in [5, 5.41) is 3.13. The van der Waals surface area contributed by atoms with Crippen molar-refractivity contribution in [1.29, 1.82) is 0 Å². The molecule has 184 valence electrons. The number of likely N-dealkylation sites (N-methyl/N-ethyl adjacent to an activating group) is 1. The lowest BCUT2D eigenvalue weighted by Gasteiger charge is -2.35. The summed E-state index contributed by atoms with van der Waals surface area (Å²) >= 11 is 0. The molecule has 2 N–H and O–H groups in total. The first-order valence-corrected chi connectivity index (χ1v) is 13.8. The highest BCUT2D eigenvalue weighted by Crippen LogP contribution is 2.24. The van der Waals surface area contributed by atoms with Crippen LogP contribution < -0.4 is 10.0 Å². The molecule has 2 aliphatic rings. The fraction of sp³-hybridized carbons (Fsp3) is 0.500. The van der Waals surface area contributed by atoms with Crippen LogP contribution in [0.4, 0.5) is 0 Å². The molecule has 1 saturated heterocycles. The van der Waals surface area contributed by atoms with Gasteiger partial charge in [0.25, 0.3) is 0 Å². The molecule has 1 aliphatic heterocycles. The van der Waals surface area contributed by atoms with Crippen molar-refractivity contribution in [3.05, 3.63) is 65.2 Å². The van der Waals surface area contributed by atoms with E-state index in [0.29, 0.717) is 0 Å². The zero-order chi connectivity index (χ0) is 24.0. The Hall–Kier alpha value is -2.26. The van der Waals surface area contributed by atoms with Crippen molar-refractivity contribution in [1.82, 2.24) is 19.8 Å². The van der Waals surface area contributed by atoms with Crippen molar-refractivity contribution in [2.45, 2.75) is 43.0 Å². The molecule has 1 amide bonds. The summed E-state index contributed by atoms with van der Waals surface area (Å²) < 4.78 is 28.2. The maximum atomic E-state index is 12.8. The first-order chi connectivity index (χ1) is 16.4. The lowest BCUT2D eigenvalue weighted by atomic mass is 9.92. The van der Waals surface area contributed by atoms with E-state index < -0.39 is 10.0 Å². The van der Waals surface area contributed by atoms with Crippen LogP contribution in [0.1, 0.15) is 42.0 Å². The van der Waals surface area contributed by atoms with E-state index in [1.54, 1.807) is 12.1 Å². The van der Waals surface area contributed by atoms with Crippen LogP contribution in [0.2, 0.25) is 0 Å². The monoisotopic (exact) mass is 484 g/mol. The summed E-state index contributed by atoms with van der Waals surface area (Å²) in [6, 6.07) is 15.2. The van der Waals surface area contributed by atoms with Crippen LogP contribution in [0, 0.1) is 0 Å². The lowest BCUT2D eigenvalue weighted by Crippen LogP contribution is -2.48. The molecule has 1 aliphatic carbocycles. The number of fused-ring (bicyclic) bond motifs is 1. The smallest absolute Gasteiger partial charge is 0.240 e. The summed E-state index contributed by atoms with van der Waals surface area (Å²) in [6.45, 7) is 4.78. The van der Waals surface area contributed by atoms with E-state index in [0.717, 1.165) is 69.5 Å². The van der Waals surface area contributed by atoms with Gasteiger partial charge in [0.2, 0.25) is 15.9 Å². The van der Waals surface area contributed by atoms with Crippen molar-refractivity contribution in [3.8, 4) is 0 Å². The molecule has 0 radical (unpaired) electrons. The number of nitrogens with zero attached hydrogens (tertiary/aromatic N) is 2. The Kier molecular flexibility index (Phi) is 8.37. The molecular weight excluding hydrogens is 448 g/mol. The molecule has 2 aromatic rings. The second-order valence-corrected chi connectivity index (χ2v) is 11.2. The number of carbonyl (C=O) groups is 1. The van der Waals surface area contributed by atoms with E-state index in [1.165, 1.54) is 5.56 Å². The Bertz CT molecular complexity index is 1070. The third kappa shape index (κ3) is 6.66. The Morgan fingerprint density at radius 2 is 1.68 bits per heavy atom. The van der Waals surface area contributed by atoms with Crippen LogP contribution >= 0.6 is 0 Å². The predicted octanol–water partition coefficient (Wildman–Crippen LogP) is 2.34. The topological polar surface area (TPSA) is 81.8 Å². The lowest BCUT2D eigenvalue weighted by molar-refractivity contribution is -0.121. The molecule has 0 saturated carbocycles. The minimum Gasteiger partial charge on any atom is -0.348 e. The van der Waals surface area contributed by atoms with Gasteiger partial charge in [-0.25, -0.2) is 13.1 Å². The van der Waals surface area contributed by atoms with Crippen molar-refractivity contribution in [3.63, 3.8) is 0 Å². The quantitative estimate of drug-likeness (QED) is 0.571. The van der Waals surface area contributed by atoms with E-state index in [1.807, 2.05) is 36.4 Å². The minimum atomic E-state index is -3.64. The fourth-order valence-electron chi connectivity index (χ4n) is 4.73. The normalized spacial score (nSPS) is 18.3. The summed E-state index contributed by atoms with van der Waals surface area (Å²) in [6.07, 6.45) is 4.29. The highest BCUT2D eigenvalue weighted by atomic mass is 32.2. The SMILES string of the molecule is CN1CCN(CC(NC(=O)CCNS(=O)(=O)c2ccc3c(c2)CCCC3)c2ccccc2)CC1. The van der Waals surface area contributed by atoms with Gasteiger partial charge in [0, 0.05) is 45.7 Å². The van der Waals surface area contributed by atoms with Gasteiger partial charge in [0.15, 0.2) is 0 Å². The van der Waals surface area contributed by atoms with Crippen LogP contribution in [-0.2, 0) is 27.7 Å². The number of piperazine rings is 1. The first kappa shape index (κ1) is 24.9. The Morgan fingerprint density at radius 1 is 0.971 bits per heavy atom. The van der Waals surface area contributed by atoms with Gasteiger partial charge in [-0.05, 0) is 61.6 Å². The van der Waals surface area contributed by atoms with Crippen LogP contribution in [-0.4, -0.2) is 70.4 Å². The van der Waals surface area contributed by atoms with Crippen LogP contribution in [0.3, 0.4) is 0 Å². The number of carbonyl (C=O) groups excluding carboxylic acids is 1. The minimum absolute atomic E-state index is 0.0707. The van der Waals surface area contributed by atoms with Crippen LogP contribution in [0.5, 0.6) is 0 Å². The van der Waals surface area contributed by atoms with Gasteiger partial charge in [-0.1, -0.05) is 36.4 Å². The van der Waals surface area contributed by atoms with Gasteiger partial charge >= 0.3 is 0 Å². The summed E-state index contributed by atoms with van der Waals surface area (Å²) in [5.41, 5.74) is 3.43. The average molecular weight is 485 g/mol. The molecule has 34 heavy (non-hydrogen) atoms. The maximum Gasteiger partial charge on any atom is 0.240 e. The number of nitrogens with one attached hydrogen (secondary N) is 2. The summed E-state index contributed by atoms with van der Waals surface area (Å²) in [5.74, 6) is -0.156. The van der Waals surface area contributed by atoms with Gasteiger partial charge in [-0.15, -0.1) is 0 Å². The summed E-state index contributed by atoms with van der Waals surface area (Å²) in [4.78, 5) is 17.7. The maximum absolute atomic E-state index is 12.8. The standard InChI is InChI=1S/C26H36N4O3S/c1-29-15-17-30(18-16-29)20-25(22-8-3-2-4-9-22)28-26(31)13-14-27-34(32,33)24-12-11-21-7-5-6-10-23(21)19-24/h2-4,8-9,11-12,19,25,27H,5-7,10,13-18,20H2,1H3,(H,28,31). The van der Waals surface area contributed by atoms with Gasteiger partial charge in [-0.3, -0.25) is 9.69 Å². The molecule has 0 spiro atoms. The van der Waals surface area contributed by atoms with Gasteiger partial charge < -0.3 is 10.2 Å². The fourth-order valence-corrected chi connectivity index (χ4v) is 5.82. The van der Waals surface area contributed by atoms with E-state index in [2.05, 4.69) is 26.9 Å². The van der Waals surface area contributed by atoms with E-state index in [4.69, 9.17) is 0 Å². The predicted molar refractivity (Wildman–Crippen MR) is 134 cm³/mol. The summed E-state index contributed by atoms with van der Waals surface area (Å²) in [7, 11) is -1.52. The van der Waals surface area contributed by atoms with Gasteiger partial charge in [0.05, 0.1) is 10.9 Å². The highest BCUT2D eigenvalue weighted by Gasteiger charge is 2.22. The molecule has 2 aromatic carbocycles. The molecule has 8 heteroatoms. The molecule has 1 unspecified atom stereocenters. The van der Waals surface area contributed by atoms with E-state index in [-0.39, 0.29) is 29.8 Å². The second-order valence-electron chi connectivity index (χ2n) is 9.42. The number of hydrogen-bond acceptors (Lipinski definition) is 5. The molecule has 0 aromatic heterocycles. The van der Waals surface area contributed by atoms with E-state index in [9.17, 15) is 13.2 Å². The number of benzene rings is 2. The number of amides is 1. The van der Waals surface area contributed by atoms with Crippen molar-refractivity contribution in [2.75, 3.05) is 46.3 Å². The third-order valence-electron chi connectivity index (χ3n) is 6.85.